The lowest BCUT2D eigenvalue weighted by Gasteiger charge is -2.08. The third kappa shape index (κ3) is 1.65. The Hall–Kier alpha value is -1.90. The van der Waals surface area contributed by atoms with Gasteiger partial charge in [-0.1, -0.05) is 12.1 Å². The SMILES string of the molecule is COc1cccc2c(C(C)=O)nc(C)cc12. The minimum absolute atomic E-state index is 0.0260. The fourth-order valence-corrected chi connectivity index (χ4v) is 1.82. The number of Topliss-reactive ketones (excluding diaryl/α,β-unsaturated/α-hetero) is 1. The second-order valence-electron chi connectivity index (χ2n) is 3.72. The molecule has 0 radical (unpaired) electrons. The standard InChI is InChI=1S/C13H13NO2/c1-8-7-11-10(13(14-8)9(2)15)5-4-6-12(11)16-3/h4-7H,1-3H3. The van der Waals surface area contributed by atoms with Crippen LogP contribution in [0.2, 0.25) is 0 Å². The lowest BCUT2D eigenvalue weighted by atomic mass is 10.1. The minimum Gasteiger partial charge on any atom is -0.496 e. The highest BCUT2D eigenvalue weighted by Gasteiger charge is 2.11. The number of carbonyl (C=O) groups is 1. The number of rotatable bonds is 2. The first kappa shape index (κ1) is 10.6. The monoisotopic (exact) mass is 215 g/mol. The van der Waals surface area contributed by atoms with Crippen LogP contribution in [0.4, 0.5) is 0 Å². The molecule has 2 rings (SSSR count). The van der Waals surface area contributed by atoms with Gasteiger partial charge in [-0.15, -0.1) is 0 Å². The van der Waals surface area contributed by atoms with Crippen molar-refractivity contribution in [2.24, 2.45) is 0 Å². The van der Waals surface area contributed by atoms with Crippen LogP contribution >= 0.6 is 0 Å². The topological polar surface area (TPSA) is 39.2 Å². The quantitative estimate of drug-likeness (QED) is 0.723. The van der Waals surface area contributed by atoms with E-state index >= 15 is 0 Å². The number of fused-ring (bicyclic) bond motifs is 1. The van der Waals surface area contributed by atoms with Crippen molar-refractivity contribution < 1.29 is 9.53 Å². The van der Waals surface area contributed by atoms with Crippen LogP contribution < -0.4 is 4.74 Å². The first-order chi connectivity index (χ1) is 7.63. The van der Waals surface area contributed by atoms with E-state index in [1.807, 2.05) is 31.2 Å². The van der Waals surface area contributed by atoms with Gasteiger partial charge in [0.1, 0.15) is 11.4 Å². The molecule has 0 aliphatic heterocycles. The molecule has 82 valence electrons. The van der Waals surface area contributed by atoms with E-state index in [0.29, 0.717) is 5.69 Å². The van der Waals surface area contributed by atoms with Crippen LogP contribution in [-0.2, 0) is 0 Å². The second kappa shape index (κ2) is 3.93. The molecule has 2 aromatic rings. The highest BCUT2D eigenvalue weighted by Crippen LogP contribution is 2.27. The van der Waals surface area contributed by atoms with Gasteiger partial charge < -0.3 is 4.74 Å². The van der Waals surface area contributed by atoms with E-state index in [0.717, 1.165) is 22.2 Å². The molecule has 0 bridgehead atoms. The summed E-state index contributed by atoms with van der Waals surface area (Å²) in [5.74, 6) is 0.743. The summed E-state index contributed by atoms with van der Waals surface area (Å²) in [6, 6.07) is 7.57. The normalized spacial score (nSPS) is 10.4. The first-order valence-corrected chi connectivity index (χ1v) is 5.09. The van der Waals surface area contributed by atoms with Gasteiger partial charge in [0, 0.05) is 23.4 Å². The molecule has 16 heavy (non-hydrogen) atoms. The number of aryl methyl sites for hydroxylation is 1. The summed E-state index contributed by atoms with van der Waals surface area (Å²) < 4.78 is 5.28. The molecule has 0 aliphatic rings. The zero-order valence-electron chi connectivity index (χ0n) is 9.57. The Morgan fingerprint density at radius 2 is 2.06 bits per heavy atom. The van der Waals surface area contributed by atoms with Crippen molar-refractivity contribution in [2.45, 2.75) is 13.8 Å². The Morgan fingerprint density at radius 3 is 2.69 bits per heavy atom. The zero-order chi connectivity index (χ0) is 11.7. The number of hydrogen-bond acceptors (Lipinski definition) is 3. The van der Waals surface area contributed by atoms with Crippen molar-refractivity contribution >= 4 is 16.6 Å². The van der Waals surface area contributed by atoms with Crippen molar-refractivity contribution in [3.05, 3.63) is 35.7 Å². The average molecular weight is 215 g/mol. The Bertz CT molecular complexity index is 561. The van der Waals surface area contributed by atoms with Gasteiger partial charge in [0.25, 0.3) is 0 Å². The molecule has 0 aliphatic carbocycles. The zero-order valence-corrected chi connectivity index (χ0v) is 9.57. The van der Waals surface area contributed by atoms with Crippen LogP contribution in [0.15, 0.2) is 24.3 Å². The molecular formula is C13H13NO2. The summed E-state index contributed by atoms with van der Waals surface area (Å²) in [5, 5.41) is 1.78. The fraction of sp³-hybridized carbons (Fsp3) is 0.231. The third-order valence-corrected chi connectivity index (χ3v) is 2.52. The maximum Gasteiger partial charge on any atom is 0.178 e. The summed E-state index contributed by atoms with van der Waals surface area (Å²) in [4.78, 5) is 15.8. The predicted molar refractivity (Wildman–Crippen MR) is 63.0 cm³/mol. The molecule has 0 atom stereocenters. The highest BCUT2D eigenvalue weighted by molar-refractivity contribution is 6.06. The van der Waals surface area contributed by atoms with E-state index in [-0.39, 0.29) is 5.78 Å². The van der Waals surface area contributed by atoms with E-state index in [2.05, 4.69) is 4.98 Å². The average Bonchev–Trinajstić information content (AvgIpc) is 2.27. The molecule has 3 nitrogen and oxygen atoms in total. The van der Waals surface area contributed by atoms with Crippen molar-refractivity contribution in [3.63, 3.8) is 0 Å². The molecule has 0 saturated heterocycles. The summed E-state index contributed by atoms with van der Waals surface area (Å²) in [6.07, 6.45) is 0. The van der Waals surface area contributed by atoms with Crippen LogP contribution in [0.1, 0.15) is 23.1 Å². The summed E-state index contributed by atoms with van der Waals surface area (Å²) in [7, 11) is 1.62. The van der Waals surface area contributed by atoms with Crippen molar-refractivity contribution in [3.8, 4) is 5.75 Å². The van der Waals surface area contributed by atoms with Crippen molar-refractivity contribution in [1.29, 1.82) is 0 Å². The maximum absolute atomic E-state index is 11.5. The Balaban J connectivity index is 2.88. The summed E-state index contributed by atoms with van der Waals surface area (Å²) in [6.45, 7) is 3.40. The number of benzene rings is 1. The lowest BCUT2D eigenvalue weighted by Crippen LogP contribution is -2.00. The second-order valence-corrected chi connectivity index (χ2v) is 3.72. The van der Waals surface area contributed by atoms with Gasteiger partial charge in [-0.05, 0) is 19.1 Å². The molecule has 1 aromatic carbocycles. The van der Waals surface area contributed by atoms with E-state index in [1.54, 1.807) is 7.11 Å². The smallest absolute Gasteiger partial charge is 0.178 e. The Labute approximate surface area is 94.1 Å². The molecule has 0 fully saturated rings. The van der Waals surface area contributed by atoms with E-state index < -0.39 is 0 Å². The number of nitrogens with zero attached hydrogens (tertiary/aromatic N) is 1. The molecular weight excluding hydrogens is 202 g/mol. The number of methoxy groups -OCH3 is 1. The van der Waals surface area contributed by atoms with Crippen LogP contribution in [0.3, 0.4) is 0 Å². The summed E-state index contributed by atoms with van der Waals surface area (Å²) >= 11 is 0. The number of hydrogen-bond donors (Lipinski definition) is 0. The van der Waals surface area contributed by atoms with Gasteiger partial charge in [-0.25, -0.2) is 4.98 Å². The number of aromatic nitrogens is 1. The molecule has 1 aromatic heterocycles. The number of ether oxygens (including phenoxy) is 1. The van der Waals surface area contributed by atoms with Gasteiger partial charge in [0.15, 0.2) is 5.78 Å². The van der Waals surface area contributed by atoms with E-state index in [9.17, 15) is 4.79 Å². The number of carbonyl (C=O) groups excluding carboxylic acids is 1. The Kier molecular flexibility index (Phi) is 2.60. The molecule has 0 amide bonds. The van der Waals surface area contributed by atoms with Crippen LogP contribution in [0, 0.1) is 6.92 Å². The largest absolute Gasteiger partial charge is 0.496 e. The van der Waals surface area contributed by atoms with Crippen LogP contribution in [0.25, 0.3) is 10.8 Å². The molecule has 1 heterocycles. The molecule has 0 N–H and O–H groups in total. The number of ketones is 1. The van der Waals surface area contributed by atoms with Gasteiger partial charge in [0.2, 0.25) is 0 Å². The minimum atomic E-state index is -0.0260. The highest BCUT2D eigenvalue weighted by atomic mass is 16.5. The van der Waals surface area contributed by atoms with E-state index in [1.165, 1.54) is 6.92 Å². The fourth-order valence-electron chi connectivity index (χ4n) is 1.82. The third-order valence-electron chi connectivity index (χ3n) is 2.52. The first-order valence-electron chi connectivity index (χ1n) is 5.09. The van der Waals surface area contributed by atoms with Gasteiger partial charge >= 0.3 is 0 Å². The predicted octanol–water partition coefficient (Wildman–Crippen LogP) is 2.75. The molecule has 3 heteroatoms. The molecule has 0 saturated carbocycles. The molecule has 0 unspecified atom stereocenters. The van der Waals surface area contributed by atoms with Gasteiger partial charge in [-0.2, -0.15) is 0 Å². The Morgan fingerprint density at radius 1 is 1.31 bits per heavy atom. The van der Waals surface area contributed by atoms with Crippen LogP contribution in [-0.4, -0.2) is 17.9 Å². The number of pyridine rings is 1. The van der Waals surface area contributed by atoms with Crippen molar-refractivity contribution in [2.75, 3.05) is 7.11 Å². The van der Waals surface area contributed by atoms with Crippen molar-refractivity contribution in [1.82, 2.24) is 4.98 Å². The summed E-state index contributed by atoms with van der Waals surface area (Å²) in [5.41, 5.74) is 1.33. The molecule has 0 spiro atoms. The lowest BCUT2D eigenvalue weighted by molar-refractivity contribution is 0.101. The van der Waals surface area contributed by atoms with Gasteiger partial charge in [0.05, 0.1) is 7.11 Å². The van der Waals surface area contributed by atoms with E-state index in [4.69, 9.17) is 4.74 Å². The van der Waals surface area contributed by atoms with Crippen LogP contribution in [0.5, 0.6) is 5.75 Å². The van der Waals surface area contributed by atoms with Gasteiger partial charge in [-0.3, -0.25) is 4.79 Å². The maximum atomic E-state index is 11.5.